The molecule has 28 heavy (non-hydrogen) atoms. The molecule has 0 atom stereocenters. The van der Waals surface area contributed by atoms with Crippen LogP contribution < -0.4 is 14.8 Å². The lowest BCUT2D eigenvalue weighted by atomic mass is 10.1. The summed E-state index contributed by atoms with van der Waals surface area (Å²) in [5, 5.41) is 12.3. The number of halogens is 1. The van der Waals surface area contributed by atoms with E-state index in [9.17, 15) is 14.9 Å². The molecule has 1 aliphatic rings. The normalized spacial score (nSPS) is 14.3. The van der Waals surface area contributed by atoms with Crippen molar-refractivity contribution in [2.24, 2.45) is 0 Å². The molecule has 0 spiro atoms. The molecule has 1 aromatic carbocycles. The van der Waals surface area contributed by atoms with Crippen molar-refractivity contribution in [3.63, 3.8) is 0 Å². The SMILES string of the molecule is CCOc1cc(/C=C(/C#N)C(=O)NC2CCCC2)cc(I)c1OCC(=O)OC. The lowest BCUT2D eigenvalue weighted by Crippen LogP contribution is -2.33. The van der Waals surface area contributed by atoms with E-state index in [-0.39, 0.29) is 24.1 Å². The Morgan fingerprint density at radius 2 is 2.04 bits per heavy atom. The van der Waals surface area contributed by atoms with Gasteiger partial charge in [-0.15, -0.1) is 0 Å². The number of benzene rings is 1. The second-order valence-corrected chi connectivity index (χ2v) is 7.41. The van der Waals surface area contributed by atoms with Gasteiger partial charge in [-0.1, -0.05) is 12.8 Å². The van der Waals surface area contributed by atoms with Gasteiger partial charge in [-0.25, -0.2) is 4.79 Å². The number of hydrogen-bond donors (Lipinski definition) is 1. The van der Waals surface area contributed by atoms with Crippen LogP contribution in [0.1, 0.15) is 38.2 Å². The van der Waals surface area contributed by atoms with Gasteiger partial charge < -0.3 is 19.5 Å². The highest BCUT2D eigenvalue weighted by atomic mass is 127. The van der Waals surface area contributed by atoms with E-state index in [1.165, 1.54) is 13.2 Å². The Hall–Kier alpha value is -2.28. The van der Waals surface area contributed by atoms with Crippen LogP contribution in [-0.4, -0.2) is 38.2 Å². The predicted molar refractivity (Wildman–Crippen MR) is 112 cm³/mol. The summed E-state index contributed by atoms with van der Waals surface area (Å²) in [7, 11) is 1.29. The van der Waals surface area contributed by atoms with Crippen LogP contribution in [-0.2, 0) is 14.3 Å². The lowest BCUT2D eigenvalue weighted by molar-refractivity contribution is -0.143. The second-order valence-electron chi connectivity index (χ2n) is 6.25. The summed E-state index contributed by atoms with van der Waals surface area (Å²) in [6.45, 7) is 1.98. The minimum atomic E-state index is -0.502. The van der Waals surface area contributed by atoms with Gasteiger partial charge in [0.2, 0.25) is 0 Å². The van der Waals surface area contributed by atoms with Crippen molar-refractivity contribution >= 4 is 40.5 Å². The zero-order chi connectivity index (χ0) is 20.5. The predicted octanol–water partition coefficient (Wildman–Crippen LogP) is 3.21. The molecule has 1 N–H and O–H groups in total. The van der Waals surface area contributed by atoms with Gasteiger partial charge in [0.15, 0.2) is 18.1 Å². The smallest absolute Gasteiger partial charge is 0.343 e. The van der Waals surface area contributed by atoms with Crippen LogP contribution in [0.15, 0.2) is 17.7 Å². The number of hydrogen-bond acceptors (Lipinski definition) is 6. The Labute approximate surface area is 178 Å². The lowest BCUT2D eigenvalue weighted by Gasteiger charge is -2.14. The molecule has 0 radical (unpaired) electrons. The number of rotatable bonds is 8. The first-order valence-corrected chi connectivity index (χ1v) is 10.1. The van der Waals surface area contributed by atoms with Crippen LogP contribution in [0.3, 0.4) is 0 Å². The number of nitrogens with zero attached hydrogens (tertiary/aromatic N) is 1. The number of nitriles is 1. The van der Waals surface area contributed by atoms with Gasteiger partial charge in [0, 0.05) is 6.04 Å². The number of esters is 1. The van der Waals surface area contributed by atoms with E-state index in [4.69, 9.17) is 9.47 Å². The monoisotopic (exact) mass is 498 g/mol. The standard InChI is InChI=1S/C20H23IN2O5/c1-3-27-17-10-13(9-16(21)19(17)28-12-18(24)26-2)8-14(11-22)20(25)23-15-6-4-5-7-15/h8-10,15H,3-7,12H2,1-2H3,(H,23,25)/b14-8-. The van der Waals surface area contributed by atoms with Crippen LogP contribution in [0.25, 0.3) is 6.08 Å². The van der Waals surface area contributed by atoms with E-state index in [0.717, 1.165) is 25.7 Å². The Morgan fingerprint density at radius 1 is 1.32 bits per heavy atom. The maximum absolute atomic E-state index is 12.4. The van der Waals surface area contributed by atoms with Gasteiger partial charge in [0.05, 0.1) is 17.3 Å². The molecule has 0 heterocycles. The molecule has 2 rings (SSSR count). The summed E-state index contributed by atoms with van der Waals surface area (Å²) in [5.74, 6) is -0.0251. The first kappa shape index (κ1) is 22.0. The number of amides is 1. The van der Waals surface area contributed by atoms with Crippen molar-refractivity contribution in [1.29, 1.82) is 5.26 Å². The Bertz CT molecular complexity index is 795. The summed E-state index contributed by atoms with van der Waals surface area (Å²) in [4.78, 5) is 23.7. The molecular formula is C20H23IN2O5. The van der Waals surface area contributed by atoms with E-state index in [1.54, 1.807) is 12.1 Å². The maximum Gasteiger partial charge on any atom is 0.343 e. The fraction of sp³-hybridized carbons (Fsp3) is 0.450. The zero-order valence-corrected chi connectivity index (χ0v) is 18.1. The summed E-state index contributed by atoms with van der Waals surface area (Å²) < 4.78 is 16.4. The van der Waals surface area contributed by atoms with Crippen molar-refractivity contribution in [3.05, 3.63) is 26.8 Å². The van der Waals surface area contributed by atoms with Crippen LogP contribution >= 0.6 is 22.6 Å². The van der Waals surface area contributed by atoms with E-state index in [0.29, 0.717) is 27.2 Å². The molecule has 0 aliphatic heterocycles. The summed E-state index contributed by atoms with van der Waals surface area (Å²) in [6, 6.07) is 5.55. The minimum absolute atomic E-state index is 0.0355. The van der Waals surface area contributed by atoms with Gasteiger partial charge in [-0.05, 0) is 66.1 Å². The Balaban J connectivity index is 2.25. The van der Waals surface area contributed by atoms with E-state index in [2.05, 4.69) is 32.6 Å². The Kier molecular flexibility index (Phi) is 8.57. The summed E-state index contributed by atoms with van der Waals surface area (Å²) in [6.07, 6.45) is 5.62. The molecule has 0 aromatic heterocycles. The molecule has 0 bridgehead atoms. The quantitative estimate of drug-likeness (QED) is 0.256. The van der Waals surface area contributed by atoms with Crippen molar-refractivity contribution in [1.82, 2.24) is 5.32 Å². The van der Waals surface area contributed by atoms with Crippen LogP contribution in [0.4, 0.5) is 0 Å². The van der Waals surface area contributed by atoms with Crippen LogP contribution in [0.5, 0.6) is 11.5 Å². The Morgan fingerprint density at radius 3 is 2.64 bits per heavy atom. The molecule has 1 aliphatic carbocycles. The number of ether oxygens (including phenoxy) is 3. The molecule has 1 fully saturated rings. The molecule has 0 unspecified atom stereocenters. The zero-order valence-electron chi connectivity index (χ0n) is 15.9. The van der Waals surface area contributed by atoms with E-state index >= 15 is 0 Å². The number of carbonyl (C=O) groups excluding carboxylic acids is 2. The number of nitrogens with one attached hydrogen (secondary N) is 1. The van der Waals surface area contributed by atoms with Crippen molar-refractivity contribution in [3.8, 4) is 17.6 Å². The average Bonchev–Trinajstić information content (AvgIpc) is 3.18. The highest BCUT2D eigenvalue weighted by molar-refractivity contribution is 14.1. The van der Waals surface area contributed by atoms with Crippen molar-refractivity contribution in [2.45, 2.75) is 38.6 Å². The van der Waals surface area contributed by atoms with Crippen molar-refractivity contribution < 1.29 is 23.8 Å². The first-order chi connectivity index (χ1) is 13.5. The molecule has 8 heteroatoms. The fourth-order valence-electron chi connectivity index (χ4n) is 2.91. The van der Waals surface area contributed by atoms with E-state index in [1.807, 2.05) is 13.0 Å². The highest BCUT2D eigenvalue weighted by Gasteiger charge is 2.20. The first-order valence-electron chi connectivity index (χ1n) is 9.07. The summed E-state index contributed by atoms with van der Waals surface area (Å²) >= 11 is 2.06. The summed E-state index contributed by atoms with van der Waals surface area (Å²) in [5.41, 5.74) is 0.671. The molecule has 1 aromatic rings. The van der Waals surface area contributed by atoms with E-state index < -0.39 is 5.97 Å². The molecule has 0 saturated heterocycles. The van der Waals surface area contributed by atoms with Gasteiger partial charge in [0.25, 0.3) is 5.91 Å². The van der Waals surface area contributed by atoms with Gasteiger partial charge in [0.1, 0.15) is 11.6 Å². The van der Waals surface area contributed by atoms with Gasteiger partial charge in [-0.2, -0.15) is 5.26 Å². The average molecular weight is 498 g/mol. The largest absolute Gasteiger partial charge is 0.490 e. The third-order valence-electron chi connectivity index (χ3n) is 4.26. The molecule has 1 amide bonds. The minimum Gasteiger partial charge on any atom is -0.490 e. The fourth-order valence-corrected chi connectivity index (χ4v) is 3.69. The van der Waals surface area contributed by atoms with Gasteiger partial charge in [-0.3, -0.25) is 4.79 Å². The van der Waals surface area contributed by atoms with Crippen LogP contribution in [0.2, 0.25) is 0 Å². The highest BCUT2D eigenvalue weighted by Crippen LogP contribution is 2.35. The third kappa shape index (κ3) is 6.12. The van der Waals surface area contributed by atoms with Gasteiger partial charge >= 0.3 is 5.97 Å². The molecule has 150 valence electrons. The molecule has 1 saturated carbocycles. The second kappa shape index (κ2) is 10.9. The molecular weight excluding hydrogens is 475 g/mol. The maximum atomic E-state index is 12.4. The molecule has 7 nitrogen and oxygen atoms in total. The third-order valence-corrected chi connectivity index (χ3v) is 5.06. The topological polar surface area (TPSA) is 97.6 Å². The number of carbonyl (C=O) groups is 2. The van der Waals surface area contributed by atoms with Crippen LogP contribution in [0, 0.1) is 14.9 Å². The van der Waals surface area contributed by atoms with Crippen molar-refractivity contribution in [2.75, 3.05) is 20.3 Å². The number of methoxy groups -OCH3 is 1.